The van der Waals surface area contributed by atoms with Gasteiger partial charge < -0.3 is 0 Å². The van der Waals surface area contributed by atoms with Gasteiger partial charge in [0.1, 0.15) is 0 Å². The number of carbonyl (C=O) groups is 2. The molecule has 114 valence electrons. The van der Waals surface area contributed by atoms with E-state index in [1.165, 1.54) is 23.5 Å². The van der Waals surface area contributed by atoms with Crippen LogP contribution >= 0.6 is 46.7 Å². The molecule has 2 heterocycles. The van der Waals surface area contributed by atoms with Crippen LogP contribution in [-0.4, -0.2) is 20.0 Å². The molecule has 2 atom stereocenters. The number of allylic oxidation sites excluding steroid dienone is 2. The molecule has 2 nitrogen and oxygen atoms in total. The molecule has 2 unspecified atom stereocenters. The Bertz CT molecular complexity index is 626. The van der Waals surface area contributed by atoms with Crippen LogP contribution in [0.1, 0.15) is 33.6 Å². The minimum atomic E-state index is -0.996. The van der Waals surface area contributed by atoms with Crippen LogP contribution in [0.25, 0.3) is 0 Å². The van der Waals surface area contributed by atoms with Gasteiger partial charge in [-0.05, 0) is 16.9 Å². The van der Waals surface area contributed by atoms with E-state index in [2.05, 4.69) is 0 Å². The molecule has 0 saturated carbocycles. The predicted molar refractivity (Wildman–Crippen MR) is 95.0 cm³/mol. The molecule has 0 aromatic heterocycles. The second kappa shape index (κ2) is 6.08. The highest BCUT2D eigenvalue weighted by atomic mass is 35.5. The van der Waals surface area contributed by atoms with Crippen LogP contribution in [-0.2, 0) is 0 Å². The molecule has 0 saturated heterocycles. The number of carbonyl (C=O) groups excluding carboxylic acids is 2. The van der Waals surface area contributed by atoms with E-state index >= 15 is 0 Å². The maximum absolute atomic E-state index is 12.6. The second-order valence-corrected chi connectivity index (χ2v) is 9.23. The van der Waals surface area contributed by atoms with Gasteiger partial charge in [0.25, 0.3) is 0 Å². The maximum Gasteiger partial charge on any atom is 0.194 e. The molecule has 3 rings (SSSR count). The molecule has 0 N–H and O–H groups in total. The van der Waals surface area contributed by atoms with E-state index < -0.39 is 8.41 Å². The van der Waals surface area contributed by atoms with E-state index in [0.29, 0.717) is 24.0 Å². The summed E-state index contributed by atoms with van der Waals surface area (Å²) < 4.78 is -1.99. The summed E-state index contributed by atoms with van der Waals surface area (Å²) in [5.41, 5.74) is 0.876. The highest BCUT2D eigenvalue weighted by Gasteiger charge is 2.40. The zero-order chi connectivity index (χ0) is 15.8. The SMILES string of the molecule is O=C(c1cccc(C(=O)C2(Cl)CC=CS2)c1)C1(Cl)CC=CS1. The van der Waals surface area contributed by atoms with E-state index in [1.807, 2.05) is 23.0 Å². The third kappa shape index (κ3) is 2.90. The van der Waals surface area contributed by atoms with E-state index in [9.17, 15) is 9.59 Å². The van der Waals surface area contributed by atoms with E-state index in [1.54, 1.807) is 24.3 Å². The molecule has 2 aliphatic heterocycles. The Kier molecular flexibility index (Phi) is 4.47. The lowest BCUT2D eigenvalue weighted by molar-refractivity contribution is 0.0976. The van der Waals surface area contributed by atoms with Crippen molar-refractivity contribution in [1.29, 1.82) is 0 Å². The second-order valence-electron chi connectivity index (χ2n) is 5.08. The highest BCUT2D eigenvalue weighted by Crippen LogP contribution is 2.44. The highest BCUT2D eigenvalue weighted by molar-refractivity contribution is 8.06. The van der Waals surface area contributed by atoms with Gasteiger partial charge in [-0.25, -0.2) is 0 Å². The first kappa shape index (κ1) is 16.2. The van der Waals surface area contributed by atoms with Crippen molar-refractivity contribution in [1.82, 2.24) is 0 Å². The van der Waals surface area contributed by atoms with Crippen molar-refractivity contribution in [2.24, 2.45) is 0 Å². The topological polar surface area (TPSA) is 34.1 Å². The zero-order valence-electron chi connectivity index (χ0n) is 11.4. The summed E-state index contributed by atoms with van der Waals surface area (Å²) in [6, 6.07) is 6.66. The molecule has 6 heteroatoms. The molecular formula is C16H12Cl2O2S2. The Hall–Kier alpha value is -0.680. The van der Waals surface area contributed by atoms with Crippen molar-refractivity contribution in [3.8, 4) is 0 Å². The van der Waals surface area contributed by atoms with Crippen molar-refractivity contribution in [2.45, 2.75) is 21.3 Å². The van der Waals surface area contributed by atoms with Crippen molar-refractivity contribution >= 4 is 58.3 Å². The first-order chi connectivity index (χ1) is 10.4. The minimum Gasteiger partial charge on any atom is -0.291 e. The summed E-state index contributed by atoms with van der Waals surface area (Å²) in [5, 5.41) is 3.66. The van der Waals surface area contributed by atoms with E-state index in [0.717, 1.165) is 0 Å². The minimum absolute atomic E-state index is 0.181. The molecule has 0 amide bonds. The lowest BCUT2D eigenvalue weighted by atomic mass is 9.99. The molecule has 0 aliphatic carbocycles. The number of rotatable bonds is 4. The van der Waals surface area contributed by atoms with Crippen LogP contribution in [0.15, 0.2) is 47.2 Å². The molecule has 1 aromatic carbocycles. The summed E-state index contributed by atoms with van der Waals surface area (Å²) in [6.07, 6.45) is 4.71. The van der Waals surface area contributed by atoms with Crippen LogP contribution in [0.3, 0.4) is 0 Å². The maximum atomic E-state index is 12.6. The first-order valence-corrected chi connectivity index (χ1v) is 9.19. The molecule has 0 radical (unpaired) electrons. The average Bonchev–Trinajstić information content (AvgIpc) is 3.16. The molecule has 0 fully saturated rings. The first-order valence-electron chi connectivity index (χ1n) is 6.68. The van der Waals surface area contributed by atoms with Gasteiger partial charge in [0.05, 0.1) is 0 Å². The summed E-state index contributed by atoms with van der Waals surface area (Å²) in [7, 11) is 0. The molecular weight excluding hydrogens is 359 g/mol. The Morgan fingerprint density at radius 2 is 1.36 bits per heavy atom. The number of hydrogen-bond donors (Lipinski definition) is 0. The molecule has 1 aromatic rings. The van der Waals surface area contributed by atoms with Crippen LogP contribution in [0.5, 0.6) is 0 Å². The molecule has 0 bridgehead atoms. The van der Waals surface area contributed by atoms with Gasteiger partial charge in [-0.15, -0.1) is 23.5 Å². The van der Waals surface area contributed by atoms with Crippen molar-refractivity contribution < 1.29 is 9.59 Å². The van der Waals surface area contributed by atoms with Gasteiger partial charge >= 0.3 is 0 Å². The van der Waals surface area contributed by atoms with Crippen LogP contribution in [0.4, 0.5) is 0 Å². The third-order valence-electron chi connectivity index (χ3n) is 3.53. The zero-order valence-corrected chi connectivity index (χ0v) is 14.6. The number of thioether (sulfide) groups is 2. The lowest BCUT2D eigenvalue weighted by Crippen LogP contribution is -2.28. The Morgan fingerprint density at radius 1 is 0.909 bits per heavy atom. The van der Waals surface area contributed by atoms with Gasteiger partial charge in [-0.2, -0.15) is 0 Å². The normalized spacial score (nSPS) is 29.9. The molecule has 22 heavy (non-hydrogen) atoms. The number of ketones is 2. The van der Waals surface area contributed by atoms with Gasteiger partial charge in [-0.1, -0.05) is 53.6 Å². The third-order valence-corrected chi connectivity index (χ3v) is 6.82. The quantitative estimate of drug-likeness (QED) is 0.537. The average molecular weight is 371 g/mol. The number of hydrogen-bond acceptors (Lipinski definition) is 4. The fraction of sp³-hybridized carbons (Fsp3) is 0.250. The smallest absolute Gasteiger partial charge is 0.194 e. The monoisotopic (exact) mass is 370 g/mol. The summed E-state index contributed by atoms with van der Waals surface area (Å²) in [5.74, 6) is -0.362. The number of alkyl halides is 2. The summed E-state index contributed by atoms with van der Waals surface area (Å²) in [4.78, 5) is 25.2. The van der Waals surface area contributed by atoms with Crippen LogP contribution < -0.4 is 0 Å². The standard InChI is InChI=1S/C16H12Cl2O2S2/c17-15(6-2-8-21-15)13(19)11-4-1-5-12(10-11)14(20)16(18)7-3-9-22-16/h1-5,8-10H,6-7H2. The fourth-order valence-electron chi connectivity index (χ4n) is 2.33. The van der Waals surface area contributed by atoms with Gasteiger partial charge in [0, 0.05) is 24.0 Å². The number of halogens is 2. The van der Waals surface area contributed by atoms with Gasteiger partial charge in [0.15, 0.2) is 20.0 Å². The fourth-order valence-corrected chi connectivity index (χ4v) is 4.69. The van der Waals surface area contributed by atoms with Crippen molar-refractivity contribution in [2.75, 3.05) is 0 Å². The Morgan fingerprint density at radius 3 is 1.73 bits per heavy atom. The van der Waals surface area contributed by atoms with Gasteiger partial charge in [-0.3, -0.25) is 9.59 Å². The number of benzene rings is 1. The van der Waals surface area contributed by atoms with E-state index in [4.69, 9.17) is 23.2 Å². The largest absolute Gasteiger partial charge is 0.291 e. The predicted octanol–water partition coefficient (Wildman–Crippen LogP) is 5.22. The van der Waals surface area contributed by atoms with Crippen molar-refractivity contribution in [3.05, 3.63) is 58.4 Å². The lowest BCUT2D eigenvalue weighted by Gasteiger charge is -2.20. The summed E-state index contributed by atoms with van der Waals surface area (Å²) in [6.45, 7) is 0. The van der Waals surface area contributed by atoms with Gasteiger partial charge in [0.2, 0.25) is 0 Å². The Labute approximate surface area is 147 Å². The number of Topliss-reactive ketones (excluding diaryl/α,β-unsaturated/α-hetero) is 2. The van der Waals surface area contributed by atoms with Crippen LogP contribution in [0.2, 0.25) is 0 Å². The Balaban J connectivity index is 1.87. The molecule has 2 aliphatic rings. The van der Waals surface area contributed by atoms with Crippen LogP contribution in [0, 0.1) is 0 Å². The summed E-state index contributed by atoms with van der Waals surface area (Å²) >= 11 is 15.3. The molecule has 0 spiro atoms. The van der Waals surface area contributed by atoms with Crippen molar-refractivity contribution in [3.63, 3.8) is 0 Å². The van der Waals surface area contributed by atoms with E-state index in [-0.39, 0.29) is 11.6 Å².